The van der Waals surface area contributed by atoms with Crippen molar-refractivity contribution in [3.05, 3.63) is 11.9 Å². The van der Waals surface area contributed by atoms with Crippen molar-refractivity contribution in [2.75, 3.05) is 23.4 Å². The molecule has 17 heavy (non-hydrogen) atoms. The summed E-state index contributed by atoms with van der Waals surface area (Å²) in [7, 11) is 0. The topological polar surface area (TPSA) is 67.1 Å². The molecule has 5 nitrogen and oxygen atoms in total. The summed E-state index contributed by atoms with van der Waals surface area (Å²) in [5, 5.41) is 0. The fourth-order valence-corrected chi connectivity index (χ4v) is 2.16. The lowest BCUT2D eigenvalue weighted by molar-refractivity contribution is 0.318. The lowest BCUT2D eigenvalue weighted by Gasteiger charge is -2.32. The third kappa shape index (κ3) is 2.85. The average molecular weight is 235 g/mol. The molecule has 1 aromatic heterocycles. The van der Waals surface area contributed by atoms with E-state index in [4.69, 9.17) is 5.84 Å². The van der Waals surface area contributed by atoms with E-state index in [-0.39, 0.29) is 0 Å². The minimum absolute atomic E-state index is 0.680. The Morgan fingerprint density at radius 3 is 2.76 bits per heavy atom. The van der Waals surface area contributed by atoms with Crippen LogP contribution in [0, 0.1) is 12.8 Å². The number of hydrazine groups is 1. The van der Waals surface area contributed by atoms with E-state index < -0.39 is 0 Å². The number of aryl methyl sites for hydroxylation is 1. The van der Waals surface area contributed by atoms with Gasteiger partial charge in [0, 0.05) is 19.2 Å². The highest BCUT2D eigenvalue weighted by Crippen LogP contribution is 2.28. The van der Waals surface area contributed by atoms with E-state index in [9.17, 15) is 0 Å². The summed E-state index contributed by atoms with van der Waals surface area (Å²) in [6, 6.07) is 1.91. The molecule has 0 unspecified atom stereocenters. The van der Waals surface area contributed by atoms with Crippen LogP contribution in [-0.4, -0.2) is 23.1 Å². The van der Waals surface area contributed by atoms with Crippen molar-refractivity contribution in [1.29, 1.82) is 0 Å². The van der Waals surface area contributed by atoms with Gasteiger partial charge in [0.25, 0.3) is 0 Å². The largest absolute Gasteiger partial charge is 0.356 e. The number of nitrogens with one attached hydrogen (secondary N) is 1. The minimum Gasteiger partial charge on any atom is -0.356 e. The van der Waals surface area contributed by atoms with Crippen LogP contribution in [0.5, 0.6) is 0 Å². The van der Waals surface area contributed by atoms with Crippen LogP contribution in [0.3, 0.4) is 0 Å². The van der Waals surface area contributed by atoms with Crippen molar-refractivity contribution in [3.63, 3.8) is 0 Å². The van der Waals surface area contributed by atoms with Crippen LogP contribution >= 0.6 is 0 Å². The molecule has 2 rings (SSSR count). The van der Waals surface area contributed by atoms with E-state index in [2.05, 4.69) is 27.2 Å². The SMILES string of the molecule is CCN(CC1CCC1)c1cc(NN)nc(C)n1. The smallest absolute Gasteiger partial charge is 0.145 e. The molecule has 1 aromatic rings. The molecule has 0 atom stereocenters. The Morgan fingerprint density at radius 1 is 1.47 bits per heavy atom. The Bertz CT molecular complexity index is 375. The van der Waals surface area contributed by atoms with Crippen LogP contribution < -0.4 is 16.2 Å². The molecule has 0 aromatic carbocycles. The highest BCUT2D eigenvalue weighted by molar-refractivity contribution is 5.48. The predicted molar refractivity (Wildman–Crippen MR) is 69.8 cm³/mol. The maximum absolute atomic E-state index is 5.41. The molecule has 3 N–H and O–H groups in total. The number of nitrogens with zero attached hydrogens (tertiary/aromatic N) is 3. The van der Waals surface area contributed by atoms with Gasteiger partial charge in [0.2, 0.25) is 0 Å². The summed E-state index contributed by atoms with van der Waals surface area (Å²) in [6.45, 7) is 6.11. The molecule has 1 fully saturated rings. The monoisotopic (exact) mass is 235 g/mol. The second kappa shape index (κ2) is 5.31. The van der Waals surface area contributed by atoms with Crippen molar-refractivity contribution in [3.8, 4) is 0 Å². The van der Waals surface area contributed by atoms with Crippen molar-refractivity contribution in [1.82, 2.24) is 9.97 Å². The molecule has 1 aliphatic carbocycles. The van der Waals surface area contributed by atoms with Gasteiger partial charge in [-0.25, -0.2) is 15.8 Å². The molecule has 0 saturated heterocycles. The summed E-state index contributed by atoms with van der Waals surface area (Å²) in [6.07, 6.45) is 4.08. The number of anilines is 2. The van der Waals surface area contributed by atoms with Gasteiger partial charge in [-0.2, -0.15) is 0 Å². The summed E-state index contributed by atoms with van der Waals surface area (Å²) in [4.78, 5) is 11.0. The van der Waals surface area contributed by atoms with E-state index >= 15 is 0 Å². The molecule has 94 valence electrons. The van der Waals surface area contributed by atoms with Gasteiger partial charge in [0.15, 0.2) is 0 Å². The standard InChI is InChI=1S/C12H21N5/c1-3-17(8-10-5-4-6-10)12-7-11(16-13)14-9(2)15-12/h7,10H,3-6,8,13H2,1-2H3,(H,14,15,16). The molecular formula is C12H21N5. The number of hydrogen-bond acceptors (Lipinski definition) is 5. The quantitative estimate of drug-likeness (QED) is 0.600. The molecule has 0 aliphatic heterocycles. The van der Waals surface area contributed by atoms with Crippen molar-refractivity contribution in [2.45, 2.75) is 33.1 Å². The number of aromatic nitrogens is 2. The van der Waals surface area contributed by atoms with Crippen molar-refractivity contribution in [2.24, 2.45) is 11.8 Å². The predicted octanol–water partition coefficient (Wildman–Crippen LogP) is 1.70. The van der Waals surface area contributed by atoms with Gasteiger partial charge in [-0.1, -0.05) is 6.42 Å². The van der Waals surface area contributed by atoms with Crippen molar-refractivity contribution >= 4 is 11.6 Å². The lowest BCUT2D eigenvalue weighted by Crippen LogP contribution is -2.33. The highest BCUT2D eigenvalue weighted by atomic mass is 15.3. The molecule has 1 heterocycles. The lowest BCUT2D eigenvalue weighted by atomic mass is 9.85. The third-order valence-corrected chi connectivity index (χ3v) is 3.38. The Morgan fingerprint density at radius 2 is 2.24 bits per heavy atom. The second-order valence-corrected chi connectivity index (χ2v) is 4.64. The molecule has 0 amide bonds. The first-order valence-electron chi connectivity index (χ1n) is 6.30. The van der Waals surface area contributed by atoms with E-state index in [1.54, 1.807) is 0 Å². The van der Waals surface area contributed by atoms with E-state index in [1.165, 1.54) is 19.3 Å². The molecule has 5 heteroatoms. The minimum atomic E-state index is 0.680. The van der Waals surface area contributed by atoms with Gasteiger partial charge in [-0.15, -0.1) is 0 Å². The van der Waals surface area contributed by atoms with Crippen LogP contribution in [0.2, 0.25) is 0 Å². The summed E-state index contributed by atoms with van der Waals surface area (Å²) in [5.41, 5.74) is 2.59. The fraction of sp³-hybridized carbons (Fsp3) is 0.667. The Kier molecular flexibility index (Phi) is 3.78. The van der Waals surface area contributed by atoms with Crippen LogP contribution in [0.1, 0.15) is 32.0 Å². The zero-order valence-corrected chi connectivity index (χ0v) is 10.6. The van der Waals surface area contributed by atoms with Gasteiger partial charge in [-0.05, 0) is 32.6 Å². The average Bonchev–Trinajstić information content (AvgIpc) is 2.27. The van der Waals surface area contributed by atoms with Gasteiger partial charge in [-0.3, -0.25) is 0 Å². The summed E-state index contributed by atoms with van der Waals surface area (Å²) in [5.74, 6) is 8.65. The first-order chi connectivity index (χ1) is 8.22. The first kappa shape index (κ1) is 12.1. The van der Waals surface area contributed by atoms with Gasteiger partial charge < -0.3 is 10.3 Å². The number of rotatable bonds is 5. The Hall–Kier alpha value is -1.36. The summed E-state index contributed by atoms with van der Waals surface area (Å²) >= 11 is 0. The zero-order chi connectivity index (χ0) is 12.3. The van der Waals surface area contributed by atoms with Crippen LogP contribution in [0.15, 0.2) is 6.07 Å². The summed E-state index contributed by atoms with van der Waals surface area (Å²) < 4.78 is 0. The molecule has 1 aliphatic rings. The fourth-order valence-electron chi connectivity index (χ4n) is 2.16. The molecular weight excluding hydrogens is 214 g/mol. The van der Waals surface area contributed by atoms with Crippen LogP contribution in [0.25, 0.3) is 0 Å². The maximum Gasteiger partial charge on any atom is 0.145 e. The van der Waals surface area contributed by atoms with E-state index in [1.807, 2.05) is 13.0 Å². The van der Waals surface area contributed by atoms with Gasteiger partial charge >= 0.3 is 0 Å². The molecule has 0 radical (unpaired) electrons. The van der Waals surface area contributed by atoms with E-state index in [0.29, 0.717) is 5.82 Å². The third-order valence-electron chi connectivity index (χ3n) is 3.38. The zero-order valence-electron chi connectivity index (χ0n) is 10.6. The number of nitrogen functional groups attached to an aromatic ring is 1. The van der Waals surface area contributed by atoms with Gasteiger partial charge in [0.05, 0.1) is 0 Å². The molecule has 0 spiro atoms. The maximum atomic E-state index is 5.41. The van der Waals surface area contributed by atoms with Gasteiger partial charge in [0.1, 0.15) is 17.5 Å². The van der Waals surface area contributed by atoms with Crippen LogP contribution in [-0.2, 0) is 0 Å². The Balaban J connectivity index is 2.13. The first-order valence-corrected chi connectivity index (χ1v) is 6.30. The Labute approximate surface area is 102 Å². The second-order valence-electron chi connectivity index (χ2n) is 4.64. The highest BCUT2D eigenvalue weighted by Gasteiger charge is 2.21. The normalized spacial score (nSPS) is 15.5. The van der Waals surface area contributed by atoms with Crippen molar-refractivity contribution < 1.29 is 0 Å². The number of nitrogens with two attached hydrogens (primary N) is 1. The van der Waals surface area contributed by atoms with E-state index in [0.717, 1.165) is 30.6 Å². The number of hydrogen-bond donors (Lipinski definition) is 2. The molecule has 1 saturated carbocycles. The van der Waals surface area contributed by atoms with Crippen LogP contribution in [0.4, 0.5) is 11.6 Å². The molecule has 0 bridgehead atoms.